The van der Waals surface area contributed by atoms with Gasteiger partial charge >= 0.3 is 0 Å². The van der Waals surface area contributed by atoms with Crippen LogP contribution < -0.4 is 15.9 Å². The van der Waals surface area contributed by atoms with Crippen LogP contribution in [0.25, 0.3) is 0 Å². The third-order valence-electron chi connectivity index (χ3n) is 1.67. The van der Waals surface area contributed by atoms with E-state index in [-0.39, 0.29) is 5.11 Å². The highest BCUT2D eigenvalue weighted by Gasteiger charge is 2.09. The Hall–Kier alpha value is -0.850. The van der Waals surface area contributed by atoms with Gasteiger partial charge in [-0.3, -0.25) is 5.43 Å². The number of nitrogens with zero attached hydrogens (tertiary/aromatic N) is 1. The molecule has 0 heterocycles. The SMILES string of the molecule is COc1c(Br)ccc(Cl)c1C=NNC(N)=S. The molecule has 0 unspecified atom stereocenters. The molecule has 16 heavy (non-hydrogen) atoms. The largest absolute Gasteiger partial charge is 0.495 e. The zero-order chi connectivity index (χ0) is 12.1. The van der Waals surface area contributed by atoms with E-state index in [1.807, 2.05) is 0 Å². The second kappa shape index (κ2) is 6.03. The number of nitrogens with two attached hydrogens (primary N) is 1. The van der Waals surface area contributed by atoms with Gasteiger partial charge in [0.2, 0.25) is 0 Å². The summed E-state index contributed by atoms with van der Waals surface area (Å²) in [7, 11) is 1.55. The third-order valence-corrected chi connectivity index (χ3v) is 2.71. The number of nitrogens with one attached hydrogen (secondary N) is 1. The van der Waals surface area contributed by atoms with E-state index in [2.05, 4.69) is 38.7 Å². The van der Waals surface area contributed by atoms with Crippen molar-refractivity contribution in [3.8, 4) is 5.75 Å². The summed E-state index contributed by atoms with van der Waals surface area (Å²) < 4.78 is 5.99. The molecule has 4 nitrogen and oxygen atoms in total. The number of ether oxygens (including phenoxy) is 1. The van der Waals surface area contributed by atoms with E-state index in [9.17, 15) is 0 Å². The predicted molar refractivity (Wildman–Crippen MR) is 73.2 cm³/mol. The lowest BCUT2D eigenvalue weighted by Gasteiger charge is -2.08. The average Bonchev–Trinajstić information content (AvgIpc) is 2.23. The number of halogens is 2. The number of thiocarbonyl (C=S) groups is 1. The number of hydrazone groups is 1. The van der Waals surface area contributed by atoms with Gasteiger partial charge in [0.1, 0.15) is 5.75 Å². The summed E-state index contributed by atoms with van der Waals surface area (Å²) in [6.07, 6.45) is 1.49. The molecule has 0 saturated carbocycles. The standard InChI is InChI=1S/C9H9BrClN3OS/c1-15-8-5(4-13-14-9(12)16)7(11)3-2-6(8)10/h2-4H,1H3,(H3,12,14,16). The third kappa shape index (κ3) is 3.33. The van der Waals surface area contributed by atoms with Gasteiger partial charge in [0.15, 0.2) is 5.11 Å². The van der Waals surface area contributed by atoms with Crippen molar-refractivity contribution in [3.05, 3.63) is 27.2 Å². The molecule has 0 atom stereocenters. The Morgan fingerprint density at radius 2 is 2.38 bits per heavy atom. The summed E-state index contributed by atoms with van der Waals surface area (Å²) >= 11 is 14.0. The van der Waals surface area contributed by atoms with Gasteiger partial charge in [0.25, 0.3) is 0 Å². The Bertz CT molecular complexity index is 439. The number of benzene rings is 1. The van der Waals surface area contributed by atoms with Gasteiger partial charge in [-0.2, -0.15) is 5.10 Å². The van der Waals surface area contributed by atoms with Gasteiger partial charge in [-0.15, -0.1) is 0 Å². The zero-order valence-corrected chi connectivity index (χ0v) is 11.5. The minimum absolute atomic E-state index is 0.0846. The summed E-state index contributed by atoms with van der Waals surface area (Å²) in [5.74, 6) is 0.598. The van der Waals surface area contributed by atoms with Crippen LogP contribution in [0.15, 0.2) is 21.7 Å². The Balaban J connectivity index is 3.06. The molecule has 0 aliphatic carbocycles. The second-order valence-electron chi connectivity index (χ2n) is 2.71. The summed E-state index contributed by atoms with van der Waals surface area (Å²) in [6, 6.07) is 3.52. The first-order valence-corrected chi connectivity index (χ1v) is 5.74. The number of hydrogen-bond acceptors (Lipinski definition) is 3. The van der Waals surface area contributed by atoms with Crippen molar-refractivity contribution in [1.82, 2.24) is 5.43 Å². The lowest BCUT2D eigenvalue weighted by atomic mass is 10.2. The number of methoxy groups -OCH3 is 1. The Kier molecular flexibility index (Phi) is 4.98. The van der Waals surface area contributed by atoms with E-state index in [1.54, 1.807) is 19.2 Å². The molecular weight excluding hydrogens is 314 g/mol. The monoisotopic (exact) mass is 321 g/mol. The smallest absolute Gasteiger partial charge is 0.184 e. The minimum atomic E-state index is 0.0846. The fraction of sp³-hybridized carbons (Fsp3) is 0.111. The summed E-state index contributed by atoms with van der Waals surface area (Å²) in [5.41, 5.74) is 8.31. The Morgan fingerprint density at radius 1 is 1.69 bits per heavy atom. The number of hydrogen-bond donors (Lipinski definition) is 2. The van der Waals surface area contributed by atoms with Crippen LogP contribution in [-0.4, -0.2) is 18.4 Å². The van der Waals surface area contributed by atoms with Crippen molar-refractivity contribution < 1.29 is 4.74 Å². The van der Waals surface area contributed by atoms with Gasteiger partial charge in [0.05, 0.1) is 28.4 Å². The quantitative estimate of drug-likeness (QED) is 0.509. The van der Waals surface area contributed by atoms with Crippen LogP contribution in [0.4, 0.5) is 0 Å². The lowest BCUT2D eigenvalue weighted by molar-refractivity contribution is 0.411. The van der Waals surface area contributed by atoms with E-state index in [0.717, 1.165) is 4.47 Å². The van der Waals surface area contributed by atoms with Crippen molar-refractivity contribution in [2.45, 2.75) is 0 Å². The van der Waals surface area contributed by atoms with E-state index >= 15 is 0 Å². The first-order chi connectivity index (χ1) is 7.56. The minimum Gasteiger partial charge on any atom is -0.495 e. The van der Waals surface area contributed by atoms with E-state index < -0.39 is 0 Å². The highest BCUT2D eigenvalue weighted by molar-refractivity contribution is 9.10. The van der Waals surface area contributed by atoms with Crippen LogP contribution in [0.1, 0.15) is 5.56 Å². The van der Waals surface area contributed by atoms with Crippen LogP contribution in [0.5, 0.6) is 5.75 Å². The van der Waals surface area contributed by atoms with Crippen molar-refractivity contribution in [2.24, 2.45) is 10.8 Å². The van der Waals surface area contributed by atoms with E-state index in [1.165, 1.54) is 6.21 Å². The molecule has 0 aromatic heterocycles. The Labute approximate surface area is 112 Å². The topological polar surface area (TPSA) is 59.6 Å². The fourth-order valence-corrected chi connectivity index (χ4v) is 1.80. The van der Waals surface area contributed by atoms with Gasteiger partial charge in [0, 0.05) is 0 Å². The molecule has 0 bridgehead atoms. The molecule has 7 heteroatoms. The van der Waals surface area contributed by atoms with Crippen molar-refractivity contribution in [3.63, 3.8) is 0 Å². The molecule has 1 aromatic rings. The van der Waals surface area contributed by atoms with Crippen molar-refractivity contribution >= 4 is 51.1 Å². The molecule has 0 radical (unpaired) electrons. The Morgan fingerprint density at radius 3 is 2.94 bits per heavy atom. The maximum absolute atomic E-state index is 6.01. The van der Waals surface area contributed by atoms with Gasteiger partial charge in [-0.1, -0.05) is 11.6 Å². The van der Waals surface area contributed by atoms with Crippen molar-refractivity contribution in [2.75, 3.05) is 7.11 Å². The van der Waals surface area contributed by atoms with Crippen molar-refractivity contribution in [1.29, 1.82) is 0 Å². The first kappa shape index (κ1) is 13.2. The summed E-state index contributed by atoms with van der Waals surface area (Å²) in [5, 5.41) is 4.43. The molecule has 3 N–H and O–H groups in total. The maximum atomic E-state index is 6.01. The van der Waals surface area contributed by atoms with Gasteiger partial charge < -0.3 is 10.5 Å². The van der Waals surface area contributed by atoms with Crippen LogP contribution in [-0.2, 0) is 0 Å². The number of rotatable bonds is 3. The molecule has 0 spiro atoms. The van der Waals surface area contributed by atoms with Crippen LogP contribution in [0.2, 0.25) is 5.02 Å². The molecule has 0 saturated heterocycles. The molecule has 0 fully saturated rings. The van der Waals surface area contributed by atoms with Crippen LogP contribution in [0.3, 0.4) is 0 Å². The normalized spacial score (nSPS) is 10.4. The predicted octanol–water partition coefficient (Wildman–Crippen LogP) is 2.28. The zero-order valence-electron chi connectivity index (χ0n) is 8.33. The highest BCUT2D eigenvalue weighted by atomic mass is 79.9. The summed E-state index contributed by atoms with van der Waals surface area (Å²) in [6.45, 7) is 0. The molecule has 1 rings (SSSR count). The fourth-order valence-electron chi connectivity index (χ4n) is 1.04. The molecule has 0 amide bonds. The molecule has 0 aliphatic rings. The van der Waals surface area contributed by atoms with Gasteiger partial charge in [-0.25, -0.2) is 0 Å². The maximum Gasteiger partial charge on any atom is 0.184 e. The molecule has 86 valence electrons. The van der Waals surface area contributed by atoms with Gasteiger partial charge in [-0.05, 0) is 40.3 Å². The van der Waals surface area contributed by atoms with Crippen LogP contribution >= 0.6 is 39.7 Å². The highest BCUT2D eigenvalue weighted by Crippen LogP contribution is 2.32. The second-order valence-corrected chi connectivity index (χ2v) is 4.41. The van der Waals surface area contributed by atoms with Crippen LogP contribution in [0, 0.1) is 0 Å². The molecule has 1 aromatic carbocycles. The van der Waals surface area contributed by atoms with E-state index in [0.29, 0.717) is 16.3 Å². The molecule has 0 aliphatic heterocycles. The first-order valence-electron chi connectivity index (χ1n) is 4.16. The summed E-state index contributed by atoms with van der Waals surface area (Å²) in [4.78, 5) is 0. The average molecular weight is 323 g/mol. The lowest BCUT2D eigenvalue weighted by Crippen LogP contribution is -2.24. The van der Waals surface area contributed by atoms with E-state index in [4.69, 9.17) is 22.1 Å². The molecular formula is C9H9BrClN3OS.